The Kier molecular flexibility index (Phi) is 3.78. The van der Waals surface area contributed by atoms with Crippen LogP contribution in [0.3, 0.4) is 0 Å². The summed E-state index contributed by atoms with van der Waals surface area (Å²) in [4.78, 5) is 4.34. The van der Waals surface area contributed by atoms with Crippen LogP contribution in [0.5, 0.6) is 0 Å². The van der Waals surface area contributed by atoms with E-state index in [0.29, 0.717) is 6.42 Å². The summed E-state index contributed by atoms with van der Waals surface area (Å²) in [5, 5.41) is 10.4. The number of benzene rings is 1. The van der Waals surface area contributed by atoms with Crippen molar-refractivity contribution in [3.8, 4) is 0 Å². The normalized spacial score (nSPS) is 12.4. The summed E-state index contributed by atoms with van der Waals surface area (Å²) >= 11 is 0. The highest BCUT2D eigenvalue weighted by Crippen LogP contribution is 2.25. The van der Waals surface area contributed by atoms with E-state index in [4.69, 9.17) is 0 Å². The van der Waals surface area contributed by atoms with Crippen molar-refractivity contribution in [1.29, 1.82) is 0 Å². The molecule has 0 aliphatic heterocycles. The van der Waals surface area contributed by atoms with E-state index in [1.807, 2.05) is 51.1 Å². The zero-order valence-electron chi connectivity index (χ0n) is 11.1. The lowest BCUT2D eigenvalue weighted by Gasteiger charge is -2.17. The van der Waals surface area contributed by atoms with Crippen LogP contribution in [0.25, 0.3) is 0 Å². The molecule has 1 atom stereocenters. The van der Waals surface area contributed by atoms with Crippen LogP contribution in [-0.2, 0) is 6.42 Å². The van der Waals surface area contributed by atoms with Crippen molar-refractivity contribution < 1.29 is 5.11 Å². The third-order valence-electron chi connectivity index (χ3n) is 3.38. The number of hydrogen-bond acceptors (Lipinski definition) is 2. The van der Waals surface area contributed by atoms with Crippen LogP contribution < -0.4 is 0 Å². The Hall–Kier alpha value is -1.67. The Morgan fingerprint density at radius 3 is 2.22 bits per heavy atom. The van der Waals surface area contributed by atoms with Crippen molar-refractivity contribution in [2.75, 3.05) is 0 Å². The van der Waals surface area contributed by atoms with Gasteiger partial charge < -0.3 is 5.11 Å². The van der Waals surface area contributed by atoms with Gasteiger partial charge >= 0.3 is 0 Å². The molecular formula is C16H19NO. The lowest BCUT2D eigenvalue weighted by molar-refractivity contribution is 0.175. The van der Waals surface area contributed by atoms with Gasteiger partial charge in [-0.3, -0.25) is 4.98 Å². The minimum Gasteiger partial charge on any atom is -0.388 e. The summed E-state index contributed by atoms with van der Waals surface area (Å²) in [6.45, 7) is 6.10. The molecule has 0 aliphatic rings. The van der Waals surface area contributed by atoms with Gasteiger partial charge in [0.1, 0.15) is 0 Å². The maximum Gasteiger partial charge on any atom is 0.0850 e. The molecule has 0 spiro atoms. The zero-order valence-corrected chi connectivity index (χ0v) is 11.1. The van der Waals surface area contributed by atoms with E-state index < -0.39 is 6.10 Å². The summed E-state index contributed by atoms with van der Waals surface area (Å²) in [7, 11) is 0. The van der Waals surface area contributed by atoms with Crippen molar-refractivity contribution in [2.45, 2.75) is 33.3 Å². The van der Waals surface area contributed by atoms with Gasteiger partial charge in [0.15, 0.2) is 0 Å². The van der Waals surface area contributed by atoms with E-state index in [9.17, 15) is 5.11 Å². The first-order valence-electron chi connectivity index (χ1n) is 6.24. The molecule has 0 fully saturated rings. The molecule has 1 aromatic carbocycles. The summed E-state index contributed by atoms with van der Waals surface area (Å²) in [6, 6.07) is 10.0. The van der Waals surface area contributed by atoms with E-state index in [-0.39, 0.29) is 0 Å². The monoisotopic (exact) mass is 241 g/mol. The molecule has 94 valence electrons. The topological polar surface area (TPSA) is 33.1 Å². The second-order valence-electron chi connectivity index (χ2n) is 4.79. The maximum atomic E-state index is 10.4. The minimum atomic E-state index is -0.486. The third kappa shape index (κ3) is 2.59. The van der Waals surface area contributed by atoms with Gasteiger partial charge in [-0.1, -0.05) is 24.3 Å². The standard InChI is InChI=1S/C16H19NO/c1-11-8-5-9-17-14(11)10-15(18)16-12(2)6-4-7-13(16)3/h4-9,15,18H,10H2,1-3H3. The van der Waals surface area contributed by atoms with Crippen molar-refractivity contribution >= 4 is 0 Å². The van der Waals surface area contributed by atoms with Gasteiger partial charge in [-0.2, -0.15) is 0 Å². The number of aryl methyl sites for hydroxylation is 3. The number of nitrogens with zero attached hydrogens (tertiary/aromatic N) is 1. The van der Waals surface area contributed by atoms with Gasteiger partial charge in [0.25, 0.3) is 0 Å². The number of aromatic nitrogens is 1. The van der Waals surface area contributed by atoms with Crippen LogP contribution >= 0.6 is 0 Å². The molecule has 1 N–H and O–H groups in total. The number of aliphatic hydroxyl groups excluding tert-OH is 1. The molecule has 2 aromatic rings. The molecule has 2 rings (SSSR count). The van der Waals surface area contributed by atoms with Crippen molar-refractivity contribution in [2.24, 2.45) is 0 Å². The van der Waals surface area contributed by atoms with E-state index in [1.54, 1.807) is 6.20 Å². The summed E-state index contributed by atoms with van der Waals surface area (Å²) in [5.41, 5.74) is 5.39. The predicted octanol–water partition coefficient (Wildman–Crippen LogP) is 3.28. The average Bonchev–Trinajstić information content (AvgIpc) is 2.32. The van der Waals surface area contributed by atoms with Gasteiger partial charge in [0.2, 0.25) is 0 Å². The van der Waals surface area contributed by atoms with Crippen molar-refractivity contribution in [1.82, 2.24) is 4.98 Å². The highest BCUT2D eigenvalue weighted by atomic mass is 16.3. The summed E-state index contributed by atoms with van der Waals surface area (Å²) < 4.78 is 0. The Balaban J connectivity index is 2.28. The molecule has 1 heterocycles. The SMILES string of the molecule is Cc1cccnc1CC(O)c1c(C)cccc1C. The van der Waals surface area contributed by atoms with E-state index >= 15 is 0 Å². The first kappa shape index (κ1) is 12.8. The summed E-state index contributed by atoms with van der Waals surface area (Å²) in [5.74, 6) is 0. The molecule has 0 aliphatic carbocycles. The molecule has 0 saturated carbocycles. The van der Waals surface area contributed by atoms with Gasteiger partial charge in [0, 0.05) is 18.3 Å². The Labute approximate surface area is 108 Å². The van der Waals surface area contributed by atoms with Crippen LogP contribution in [-0.4, -0.2) is 10.1 Å². The van der Waals surface area contributed by atoms with Crippen LogP contribution in [0.15, 0.2) is 36.5 Å². The van der Waals surface area contributed by atoms with Crippen LogP contribution in [0.4, 0.5) is 0 Å². The molecule has 0 bridgehead atoms. The maximum absolute atomic E-state index is 10.4. The van der Waals surface area contributed by atoms with Gasteiger partial charge in [-0.05, 0) is 49.1 Å². The lowest BCUT2D eigenvalue weighted by Crippen LogP contribution is -2.08. The number of hydrogen-bond donors (Lipinski definition) is 1. The molecule has 2 nitrogen and oxygen atoms in total. The number of rotatable bonds is 3. The molecule has 0 saturated heterocycles. The van der Waals surface area contributed by atoms with Crippen LogP contribution in [0.1, 0.15) is 34.1 Å². The number of aliphatic hydroxyl groups is 1. The largest absolute Gasteiger partial charge is 0.388 e. The van der Waals surface area contributed by atoms with Crippen molar-refractivity contribution in [3.05, 3.63) is 64.5 Å². The predicted molar refractivity (Wildman–Crippen MR) is 73.6 cm³/mol. The van der Waals surface area contributed by atoms with E-state index in [0.717, 1.165) is 27.9 Å². The minimum absolute atomic E-state index is 0.486. The molecule has 1 unspecified atom stereocenters. The van der Waals surface area contributed by atoms with E-state index in [1.165, 1.54) is 0 Å². The second kappa shape index (κ2) is 5.32. The molecule has 2 heteroatoms. The fourth-order valence-corrected chi connectivity index (χ4v) is 2.37. The fraction of sp³-hybridized carbons (Fsp3) is 0.312. The first-order chi connectivity index (χ1) is 8.59. The van der Waals surface area contributed by atoms with Crippen molar-refractivity contribution in [3.63, 3.8) is 0 Å². The molecule has 0 radical (unpaired) electrons. The highest BCUT2D eigenvalue weighted by molar-refractivity contribution is 5.36. The fourth-order valence-electron chi connectivity index (χ4n) is 2.37. The molecule has 1 aromatic heterocycles. The van der Waals surface area contributed by atoms with Crippen LogP contribution in [0, 0.1) is 20.8 Å². The van der Waals surface area contributed by atoms with Crippen LogP contribution in [0.2, 0.25) is 0 Å². The Bertz CT molecular complexity index is 528. The highest BCUT2D eigenvalue weighted by Gasteiger charge is 2.15. The Morgan fingerprint density at radius 1 is 1.00 bits per heavy atom. The second-order valence-corrected chi connectivity index (χ2v) is 4.79. The third-order valence-corrected chi connectivity index (χ3v) is 3.38. The number of pyridine rings is 1. The first-order valence-corrected chi connectivity index (χ1v) is 6.24. The molecule has 0 amide bonds. The van der Waals surface area contributed by atoms with Gasteiger partial charge in [-0.15, -0.1) is 0 Å². The smallest absolute Gasteiger partial charge is 0.0850 e. The molecule has 18 heavy (non-hydrogen) atoms. The Morgan fingerprint density at radius 2 is 1.61 bits per heavy atom. The quantitative estimate of drug-likeness (QED) is 0.894. The van der Waals surface area contributed by atoms with Gasteiger partial charge in [-0.25, -0.2) is 0 Å². The van der Waals surface area contributed by atoms with E-state index in [2.05, 4.69) is 4.98 Å². The lowest BCUT2D eigenvalue weighted by atomic mass is 9.94. The zero-order chi connectivity index (χ0) is 13.1. The average molecular weight is 241 g/mol. The summed E-state index contributed by atoms with van der Waals surface area (Å²) in [6.07, 6.45) is 1.86. The molecular weight excluding hydrogens is 222 g/mol. The van der Waals surface area contributed by atoms with Gasteiger partial charge in [0.05, 0.1) is 6.10 Å².